The number of para-hydroxylation sites is 1. The molecule has 0 saturated carbocycles. The van der Waals surface area contributed by atoms with Crippen molar-refractivity contribution >= 4 is 30.8 Å². The molecule has 0 aliphatic rings. The number of benzene rings is 1. The molecule has 0 spiro atoms. The Morgan fingerprint density at radius 2 is 1.86 bits per heavy atom. The molecule has 2 unspecified atom stereocenters. The van der Waals surface area contributed by atoms with Gasteiger partial charge in [0.15, 0.2) is 23.6 Å². The van der Waals surface area contributed by atoms with Crippen LogP contribution in [0.3, 0.4) is 0 Å². The van der Waals surface area contributed by atoms with Crippen molar-refractivity contribution in [1.29, 1.82) is 0 Å². The minimum absolute atomic E-state index is 0.0112. The molecule has 17 heteroatoms. The molecule has 0 aliphatic carbocycles. The summed E-state index contributed by atoms with van der Waals surface area (Å²) in [4.78, 5) is 24.8. The summed E-state index contributed by atoms with van der Waals surface area (Å²) < 4.78 is 72.9. The third kappa shape index (κ3) is 9.29. The summed E-state index contributed by atoms with van der Waals surface area (Å²) in [5.41, 5.74) is 5.58. The molecule has 3 rings (SSSR count). The Labute approximate surface area is 253 Å². The first-order valence-corrected chi connectivity index (χ1v) is 15.3. The van der Waals surface area contributed by atoms with Gasteiger partial charge in [-0.3, -0.25) is 13.9 Å². The van der Waals surface area contributed by atoms with Gasteiger partial charge in [0.25, 0.3) is 5.85 Å². The topological polar surface area (TPSA) is 182 Å². The van der Waals surface area contributed by atoms with Crippen LogP contribution in [0.5, 0.6) is 11.6 Å². The summed E-state index contributed by atoms with van der Waals surface area (Å²) in [7, 11) is -4.60. The van der Waals surface area contributed by atoms with Gasteiger partial charge in [0.1, 0.15) is 18.4 Å². The van der Waals surface area contributed by atoms with E-state index in [0.717, 1.165) is 17.8 Å². The third-order valence-electron chi connectivity index (χ3n) is 5.83. The van der Waals surface area contributed by atoms with Gasteiger partial charge in [-0.15, -0.1) is 0 Å². The van der Waals surface area contributed by atoms with Gasteiger partial charge in [0, 0.05) is 0 Å². The first-order chi connectivity index (χ1) is 20.6. The second-order valence-corrected chi connectivity index (χ2v) is 12.7. The number of aliphatic hydroxyl groups excluding tert-OH is 1. The Kier molecular flexibility index (Phi) is 11.6. The smallest absolute Gasteiger partial charge is 0.459 e. The number of fused-ring (bicyclic) bond motifs is 1. The normalized spacial score (nSPS) is 16.8. The highest BCUT2D eigenvalue weighted by atomic mass is 31.2. The van der Waals surface area contributed by atoms with Gasteiger partial charge < -0.3 is 29.6 Å². The molecule has 2 heterocycles. The fourth-order valence-corrected chi connectivity index (χ4v) is 5.10. The minimum Gasteiger partial charge on any atom is -0.476 e. The quantitative estimate of drug-likeness (QED) is 0.150. The maximum Gasteiger partial charge on any atom is 0.459 e. The van der Waals surface area contributed by atoms with Crippen LogP contribution < -0.4 is 20.1 Å². The van der Waals surface area contributed by atoms with E-state index in [0.29, 0.717) is 0 Å². The van der Waals surface area contributed by atoms with Gasteiger partial charge in [-0.2, -0.15) is 15.1 Å². The third-order valence-corrected chi connectivity index (χ3v) is 7.46. The van der Waals surface area contributed by atoms with E-state index in [2.05, 4.69) is 20.0 Å². The van der Waals surface area contributed by atoms with Crippen LogP contribution in [-0.4, -0.2) is 75.1 Å². The van der Waals surface area contributed by atoms with Crippen molar-refractivity contribution in [3.63, 3.8) is 0 Å². The highest BCUT2D eigenvalue weighted by Crippen LogP contribution is 2.46. The number of aromatic nitrogens is 4. The van der Waals surface area contributed by atoms with Gasteiger partial charge >= 0.3 is 13.7 Å². The molecule has 14 nitrogen and oxygen atoms in total. The highest BCUT2D eigenvalue weighted by Gasteiger charge is 2.45. The zero-order valence-electron chi connectivity index (χ0n) is 25.4. The summed E-state index contributed by atoms with van der Waals surface area (Å²) in [6.45, 7) is 7.61. The van der Waals surface area contributed by atoms with Gasteiger partial charge in [0.2, 0.25) is 11.8 Å². The second kappa shape index (κ2) is 14.6. The zero-order chi connectivity index (χ0) is 32.7. The minimum atomic E-state index is -4.60. The largest absolute Gasteiger partial charge is 0.476 e. The number of alkyl halides is 2. The Balaban J connectivity index is 1.87. The number of nitrogens with zero attached hydrogens (tertiary/aromatic N) is 4. The lowest BCUT2D eigenvalue weighted by molar-refractivity contribution is -0.250. The first-order valence-electron chi connectivity index (χ1n) is 13.8. The average molecular weight is 645 g/mol. The van der Waals surface area contributed by atoms with E-state index < -0.39 is 51.2 Å². The van der Waals surface area contributed by atoms with Crippen LogP contribution in [0.2, 0.25) is 0 Å². The van der Waals surface area contributed by atoms with Crippen LogP contribution in [0, 0.1) is 5.41 Å². The number of aliphatic hydroxyl groups is 1. The molecular weight excluding hydrogens is 605 g/mol. The number of ether oxygens (including phenoxy) is 3. The number of hydrogen-bond acceptors (Lipinski definition) is 12. The van der Waals surface area contributed by atoms with Gasteiger partial charge in [0.05, 0.1) is 26.1 Å². The molecule has 5 atom stereocenters. The van der Waals surface area contributed by atoms with E-state index in [1.54, 1.807) is 25.1 Å². The van der Waals surface area contributed by atoms with Crippen molar-refractivity contribution in [3.05, 3.63) is 36.7 Å². The lowest BCUT2D eigenvalue weighted by Gasteiger charge is -2.32. The van der Waals surface area contributed by atoms with Crippen LogP contribution in [0.1, 0.15) is 47.8 Å². The van der Waals surface area contributed by atoms with Crippen molar-refractivity contribution in [1.82, 2.24) is 24.6 Å². The molecule has 3 aromatic rings. The van der Waals surface area contributed by atoms with Crippen LogP contribution in [-0.2, 0) is 23.4 Å². The van der Waals surface area contributed by atoms with Gasteiger partial charge in [-0.1, -0.05) is 39.0 Å². The number of nitrogen functional groups attached to an aromatic ring is 1. The summed E-state index contributed by atoms with van der Waals surface area (Å²) in [6.07, 6.45) is -2.84. The lowest BCUT2D eigenvalue weighted by atomic mass is 9.99. The maximum atomic E-state index is 16.2. The molecule has 0 fully saturated rings. The molecule has 44 heavy (non-hydrogen) atoms. The monoisotopic (exact) mass is 644 g/mol. The number of carbonyl (C=O) groups is 1. The second-order valence-electron chi connectivity index (χ2n) is 11.0. The van der Waals surface area contributed by atoms with E-state index >= 15 is 4.39 Å². The van der Waals surface area contributed by atoms with E-state index in [-0.39, 0.29) is 47.4 Å². The molecule has 1 aromatic carbocycles. The maximum absolute atomic E-state index is 16.2. The molecule has 0 aliphatic heterocycles. The SMILES string of the molecule is CCOc1nc(N)nc2c1ncn2[C@@H](CO)O[C@](F)(COP(=O)(NC(C)C(=O)OCC(C)(C)C)Oc1ccccc1)[C@H](C)F. The van der Waals surface area contributed by atoms with Gasteiger partial charge in [-0.25, -0.2) is 18.3 Å². The van der Waals surface area contributed by atoms with E-state index in [9.17, 15) is 18.9 Å². The zero-order valence-corrected chi connectivity index (χ0v) is 26.3. The molecule has 0 radical (unpaired) electrons. The van der Waals surface area contributed by atoms with Crippen molar-refractivity contribution < 1.29 is 46.5 Å². The summed E-state index contributed by atoms with van der Waals surface area (Å²) in [5.74, 6) is -4.19. The predicted octanol–water partition coefficient (Wildman–Crippen LogP) is 4.11. The van der Waals surface area contributed by atoms with Crippen LogP contribution in [0.4, 0.5) is 14.7 Å². The number of nitrogens with two attached hydrogens (primary N) is 1. The molecular formula is C27H39F2N6O8P. The molecule has 0 amide bonds. The van der Waals surface area contributed by atoms with E-state index in [4.69, 9.17) is 29.0 Å². The first kappa shape index (κ1) is 35.1. The number of esters is 1. The number of imidazole rings is 1. The number of hydrogen-bond donors (Lipinski definition) is 3. The number of halogens is 2. The Morgan fingerprint density at radius 3 is 2.45 bits per heavy atom. The molecule has 2 aromatic heterocycles. The fraction of sp³-hybridized carbons (Fsp3) is 0.556. The van der Waals surface area contributed by atoms with Crippen molar-refractivity contribution in [3.8, 4) is 11.6 Å². The molecule has 4 N–H and O–H groups in total. The predicted molar refractivity (Wildman–Crippen MR) is 156 cm³/mol. The van der Waals surface area contributed by atoms with Crippen LogP contribution >= 0.6 is 7.75 Å². The average Bonchev–Trinajstić information content (AvgIpc) is 3.37. The van der Waals surface area contributed by atoms with Crippen molar-refractivity contribution in [2.75, 3.05) is 32.2 Å². The molecule has 0 saturated heterocycles. The highest BCUT2D eigenvalue weighted by molar-refractivity contribution is 7.52. The summed E-state index contributed by atoms with van der Waals surface area (Å²) in [6, 6.07) is 6.51. The Morgan fingerprint density at radius 1 is 1.18 bits per heavy atom. The standard InChI is InChI=1S/C27H39F2N6O8P/c1-7-39-23-21-22(32-25(30)33-23)35(16-31-21)20(13-36)42-27(29,18(3)28)15-41-44(38,43-19-11-9-8-10-12-19)34-17(2)24(37)40-14-26(4,5)6/h8-12,16-18,20,36H,7,13-15H2,1-6H3,(H,34,38)(H2,30,32,33)/t17?,18-,20+,27+,44?/m0/s1. The number of carbonyl (C=O) groups excluding carboxylic acids is 1. The summed E-state index contributed by atoms with van der Waals surface area (Å²) >= 11 is 0. The Hall–Kier alpha value is -3.43. The van der Waals surface area contributed by atoms with E-state index in [1.165, 1.54) is 19.1 Å². The van der Waals surface area contributed by atoms with E-state index in [1.807, 2.05) is 20.8 Å². The molecule has 0 bridgehead atoms. The van der Waals surface area contributed by atoms with Crippen LogP contribution in [0.15, 0.2) is 36.7 Å². The Bertz CT molecular complexity index is 1440. The number of nitrogens with one attached hydrogen (secondary N) is 1. The van der Waals surface area contributed by atoms with Gasteiger partial charge in [-0.05, 0) is 38.3 Å². The van der Waals surface area contributed by atoms with Crippen molar-refractivity contribution in [2.24, 2.45) is 5.41 Å². The van der Waals surface area contributed by atoms with Crippen LogP contribution in [0.25, 0.3) is 11.2 Å². The number of rotatable bonds is 16. The molecule has 244 valence electrons. The fourth-order valence-electron chi connectivity index (χ4n) is 3.59. The number of anilines is 1. The van der Waals surface area contributed by atoms with Crippen molar-refractivity contribution in [2.45, 2.75) is 65.8 Å². The lowest BCUT2D eigenvalue weighted by Crippen LogP contribution is -2.45. The summed E-state index contributed by atoms with van der Waals surface area (Å²) in [5, 5.41) is 12.5.